The predicted octanol–water partition coefficient (Wildman–Crippen LogP) is 0.387. The summed E-state index contributed by atoms with van der Waals surface area (Å²) in [5.74, 6) is -0.609. The quantitative estimate of drug-likeness (QED) is 0.665. The fourth-order valence-electron chi connectivity index (χ4n) is 1.66. The highest BCUT2D eigenvalue weighted by atomic mass is 35.5. The molecule has 1 heterocycles. The van der Waals surface area contributed by atoms with Gasteiger partial charge in [0, 0.05) is 19.5 Å². The van der Waals surface area contributed by atoms with E-state index >= 15 is 0 Å². The van der Waals surface area contributed by atoms with E-state index in [4.69, 9.17) is 0 Å². The average molecular weight is 255 g/mol. The molecule has 16 heavy (non-hydrogen) atoms. The van der Waals surface area contributed by atoms with Gasteiger partial charge in [-0.3, -0.25) is 4.79 Å². The molecule has 0 radical (unpaired) electrons. The van der Waals surface area contributed by atoms with Crippen LogP contribution in [0.5, 0.6) is 0 Å². The number of amides is 1. The normalized spacial score (nSPS) is 25.9. The van der Waals surface area contributed by atoms with Gasteiger partial charge in [-0.25, -0.2) is 4.39 Å². The van der Waals surface area contributed by atoms with Crippen molar-refractivity contribution >= 4 is 18.3 Å². The molecule has 0 aromatic rings. The zero-order valence-corrected chi connectivity index (χ0v) is 10.3. The molecule has 1 saturated heterocycles. The fraction of sp³-hybridized carbons (Fsp3) is 0.900. The molecule has 2 atom stereocenters. The molecule has 4 nitrogen and oxygen atoms in total. The van der Waals surface area contributed by atoms with E-state index in [9.17, 15) is 14.3 Å². The molecule has 2 unspecified atom stereocenters. The van der Waals surface area contributed by atoms with Gasteiger partial charge in [-0.15, -0.1) is 12.4 Å². The number of hydrogen-bond acceptors (Lipinski definition) is 3. The first kappa shape index (κ1) is 15.6. The topological polar surface area (TPSA) is 61.4 Å². The highest BCUT2D eigenvalue weighted by Crippen LogP contribution is 2.19. The monoisotopic (exact) mass is 254 g/mol. The van der Waals surface area contributed by atoms with Gasteiger partial charge in [0.2, 0.25) is 5.67 Å². The largest absolute Gasteiger partial charge is 0.391 e. The van der Waals surface area contributed by atoms with E-state index in [-0.39, 0.29) is 31.9 Å². The van der Waals surface area contributed by atoms with Crippen LogP contribution in [0.4, 0.5) is 4.39 Å². The Balaban J connectivity index is 0.00000225. The zero-order valence-electron chi connectivity index (χ0n) is 9.46. The van der Waals surface area contributed by atoms with Crippen molar-refractivity contribution in [2.24, 2.45) is 0 Å². The standard InChI is InChI=1S/C10H19FN2O2.ClH/c1-2-3-8(14)6-13-9(15)10(11)4-5-12-7-10;/h8,12,14H,2-7H2,1H3,(H,13,15);1H. The van der Waals surface area contributed by atoms with Crippen LogP contribution >= 0.6 is 12.4 Å². The van der Waals surface area contributed by atoms with Gasteiger partial charge in [-0.05, 0) is 13.0 Å². The molecular formula is C10H20ClFN2O2. The highest BCUT2D eigenvalue weighted by Gasteiger charge is 2.41. The van der Waals surface area contributed by atoms with Crippen LogP contribution in [-0.4, -0.2) is 42.4 Å². The maximum atomic E-state index is 13.8. The van der Waals surface area contributed by atoms with Crippen LogP contribution in [-0.2, 0) is 4.79 Å². The first-order valence-corrected chi connectivity index (χ1v) is 5.44. The molecule has 1 aliphatic rings. The number of hydrogen-bond donors (Lipinski definition) is 3. The SMILES string of the molecule is CCCC(O)CNC(=O)C1(F)CCNC1.Cl. The van der Waals surface area contributed by atoms with Gasteiger partial charge in [0.05, 0.1) is 6.10 Å². The molecule has 1 amide bonds. The summed E-state index contributed by atoms with van der Waals surface area (Å²) in [4.78, 5) is 11.4. The van der Waals surface area contributed by atoms with E-state index in [2.05, 4.69) is 10.6 Å². The van der Waals surface area contributed by atoms with Crippen LogP contribution in [0, 0.1) is 0 Å². The summed E-state index contributed by atoms with van der Waals surface area (Å²) in [6, 6.07) is 0. The Labute approximate surface area is 101 Å². The lowest BCUT2D eigenvalue weighted by atomic mass is 10.0. The number of carbonyl (C=O) groups excluding carboxylic acids is 1. The summed E-state index contributed by atoms with van der Waals surface area (Å²) in [5.41, 5.74) is -1.79. The number of nitrogens with one attached hydrogen (secondary N) is 2. The molecule has 0 aromatic heterocycles. The molecule has 1 aliphatic heterocycles. The highest BCUT2D eigenvalue weighted by molar-refractivity contribution is 5.86. The van der Waals surface area contributed by atoms with E-state index in [1.54, 1.807) is 0 Å². The Hall–Kier alpha value is -0.390. The van der Waals surface area contributed by atoms with Crippen LogP contribution in [0.2, 0.25) is 0 Å². The molecule has 0 aromatic carbocycles. The van der Waals surface area contributed by atoms with Crippen LogP contribution in [0.15, 0.2) is 0 Å². The number of alkyl halides is 1. The van der Waals surface area contributed by atoms with Crippen LogP contribution < -0.4 is 10.6 Å². The summed E-state index contributed by atoms with van der Waals surface area (Å²) in [6.45, 7) is 2.69. The fourth-order valence-corrected chi connectivity index (χ4v) is 1.66. The summed E-state index contributed by atoms with van der Waals surface area (Å²) >= 11 is 0. The molecule has 3 N–H and O–H groups in total. The first-order chi connectivity index (χ1) is 7.08. The second-order valence-corrected chi connectivity index (χ2v) is 4.04. The molecule has 0 spiro atoms. The number of rotatable bonds is 5. The minimum absolute atomic E-state index is 0. The Morgan fingerprint density at radius 3 is 2.88 bits per heavy atom. The summed E-state index contributed by atoms with van der Waals surface area (Å²) in [5, 5.41) is 14.6. The van der Waals surface area contributed by atoms with Gasteiger partial charge >= 0.3 is 0 Å². The van der Waals surface area contributed by atoms with Crippen molar-refractivity contribution < 1.29 is 14.3 Å². The summed E-state index contributed by atoms with van der Waals surface area (Å²) < 4.78 is 13.8. The minimum Gasteiger partial charge on any atom is -0.391 e. The first-order valence-electron chi connectivity index (χ1n) is 5.44. The third-order valence-electron chi connectivity index (χ3n) is 2.63. The number of aliphatic hydroxyl groups excluding tert-OH is 1. The Bertz CT molecular complexity index is 223. The van der Waals surface area contributed by atoms with E-state index in [1.165, 1.54) is 0 Å². The van der Waals surface area contributed by atoms with Gasteiger partial charge in [-0.2, -0.15) is 0 Å². The number of carbonyl (C=O) groups is 1. The lowest BCUT2D eigenvalue weighted by Gasteiger charge is -2.18. The van der Waals surface area contributed by atoms with Gasteiger partial charge < -0.3 is 15.7 Å². The smallest absolute Gasteiger partial charge is 0.259 e. The average Bonchev–Trinajstić information content (AvgIpc) is 2.63. The van der Waals surface area contributed by atoms with Crippen molar-refractivity contribution in [1.29, 1.82) is 0 Å². The van der Waals surface area contributed by atoms with Crippen molar-refractivity contribution in [3.8, 4) is 0 Å². The molecular weight excluding hydrogens is 235 g/mol. The second-order valence-electron chi connectivity index (χ2n) is 4.04. The van der Waals surface area contributed by atoms with E-state index in [0.717, 1.165) is 6.42 Å². The van der Waals surface area contributed by atoms with E-state index < -0.39 is 17.7 Å². The molecule has 1 rings (SSSR count). The van der Waals surface area contributed by atoms with Crippen molar-refractivity contribution in [3.05, 3.63) is 0 Å². The van der Waals surface area contributed by atoms with Crippen molar-refractivity contribution in [1.82, 2.24) is 10.6 Å². The lowest BCUT2D eigenvalue weighted by Crippen LogP contribution is -2.47. The second kappa shape index (κ2) is 7.04. The summed E-state index contributed by atoms with van der Waals surface area (Å²) in [7, 11) is 0. The van der Waals surface area contributed by atoms with Crippen molar-refractivity contribution in [2.45, 2.75) is 38.0 Å². The van der Waals surface area contributed by atoms with Gasteiger partial charge in [0.1, 0.15) is 0 Å². The zero-order chi connectivity index (χ0) is 11.3. The van der Waals surface area contributed by atoms with Crippen molar-refractivity contribution in [3.63, 3.8) is 0 Å². The Kier molecular flexibility index (Phi) is 6.87. The maximum Gasteiger partial charge on any atom is 0.259 e. The van der Waals surface area contributed by atoms with Crippen LogP contribution in [0.1, 0.15) is 26.2 Å². The van der Waals surface area contributed by atoms with Gasteiger partial charge in [-0.1, -0.05) is 13.3 Å². The molecule has 96 valence electrons. The Morgan fingerprint density at radius 1 is 1.69 bits per heavy atom. The third-order valence-corrected chi connectivity index (χ3v) is 2.63. The van der Waals surface area contributed by atoms with Crippen LogP contribution in [0.3, 0.4) is 0 Å². The molecule has 0 saturated carbocycles. The summed E-state index contributed by atoms with van der Waals surface area (Å²) in [6.07, 6.45) is 1.11. The lowest BCUT2D eigenvalue weighted by molar-refractivity contribution is -0.132. The van der Waals surface area contributed by atoms with Crippen molar-refractivity contribution in [2.75, 3.05) is 19.6 Å². The van der Waals surface area contributed by atoms with E-state index in [0.29, 0.717) is 13.0 Å². The predicted molar refractivity (Wildman–Crippen MR) is 62.5 cm³/mol. The number of aliphatic hydroxyl groups is 1. The minimum atomic E-state index is -1.79. The maximum absolute atomic E-state index is 13.8. The molecule has 0 bridgehead atoms. The van der Waals surface area contributed by atoms with Gasteiger partial charge in [0.25, 0.3) is 5.91 Å². The molecule has 0 aliphatic carbocycles. The van der Waals surface area contributed by atoms with E-state index in [1.807, 2.05) is 6.92 Å². The van der Waals surface area contributed by atoms with Gasteiger partial charge in [0.15, 0.2) is 0 Å². The van der Waals surface area contributed by atoms with Crippen LogP contribution in [0.25, 0.3) is 0 Å². The third kappa shape index (κ3) is 4.23. The molecule has 1 fully saturated rings. The number of halogens is 2. The molecule has 6 heteroatoms. The Morgan fingerprint density at radius 2 is 2.38 bits per heavy atom.